The number of carbonyl (C=O) groups is 1. The zero-order chi connectivity index (χ0) is 21.0. The van der Waals surface area contributed by atoms with Gasteiger partial charge in [0, 0.05) is 50.4 Å². The summed E-state index contributed by atoms with van der Waals surface area (Å²) in [7, 11) is 0. The molecule has 2 aromatic carbocycles. The Labute approximate surface area is 179 Å². The second kappa shape index (κ2) is 8.99. The molecule has 30 heavy (non-hydrogen) atoms. The highest BCUT2D eigenvalue weighted by atomic mass is 16.1. The van der Waals surface area contributed by atoms with Crippen LogP contribution in [0.15, 0.2) is 48.5 Å². The van der Waals surface area contributed by atoms with Crippen molar-refractivity contribution >= 4 is 11.6 Å². The van der Waals surface area contributed by atoms with Crippen molar-refractivity contribution in [1.82, 2.24) is 9.80 Å². The van der Waals surface area contributed by atoms with E-state index in [1.54, 1.807) is 0 Å². The smallest absolute Gasteiger partial charge is 0.224 e. The molecule has 1 saturated heterocycles. The highest BCUT2D eigenvalue weighted by Gasteiger charge is 2.49. The Balaban J connectivity index is 1.43. The van der Waals surface area contributed by atoms with Gasteiger partial charge in [0.15, 0.2) is 0 Å². The van der Waals surface area contributed by atoms with E-state index in [1.807, 2.05) is 25.1 Å². The average molecular weight is 403 g/mol. The predicted molar refractivity (Wildman–Crippen MR) is 119 cm³/mol. The molecule has 0 unspecified atom stereocenters. The molecule has 0 aromatic heterocycles. The van der Waals surface area contributed by atoms with Crippen LogP contribution in [-0.2, 0) is 17.8 Å². The van der Waals surface area contributed by atoms with Crippen molar-refractivity contribution in [3.63, 3.8) is 0 Å². The van der Waals surface area contributed by atoms with Crippen molar-refractivity contribution < 1.29 is 4.79 Å². The van der Waals surface area contributed by atoms with Gasteiger partial charge in [0.05, 0.1) is 11.6 Å². The fourth-order valence-electron chi connectivity index (χ4n) is 4.54. The Bertz CT molecular complexity index is 922. The van der Waals surface area contributed by atoms with Crippen LogP contribution < -0.4 is 5.32 Å². The van der Waals surface area contributed by atoms with Gasteiger partial charge in [-0.15, -0.1) is 0 Å². The molecule has 1 N–H and O–H groups in total. The number of rotatable bonds is 7. The lowest BCUT2D eigenvalue weighted by atomic mass is 9.95. The van der Waals surface area contributed by atoms with Crippen LogP contribution in [0.3, 0.4) is 0 Å². The summed E-state index contributed by atoms with van der Waals surface area (Å²) in [4.78, 5) is 17.1. The lowest BCUT2D eigenvalue weighted by Gasteiger charge is -2.40. The molecule has 5 heteroatoms. The lowest BCUT2D eigenvalue weighted by Crippen LogP contribution is -2.51. The van der Waals surface area contributed by atoms with E-state index < -0.39 is 0 Å². The van der Waals surface area contributed by atoms with E-state index in [9.17, 15) is 10.1 Å². The fourth-order valence-corrected chi connectivity index (χ4v) is 4.54. The largest absolute Gasteiger partial charge is 0.326 e. The van der Waals surface area contributed by atoms with Crippen LogP contribution >= 0.6 is 0 Å². The maximum absolute atomic E-state index is 12.0. The highest BCUT2D eigenvalue weighted by molar-refractivity contribution is 5.91. The molecule has 4 rings (SSSR count). The Morgan fingerprint density at radius 2 is 1.80 bits per heavy atom. The molecule has 2 aliphatic rings. The number of hydrogen-bond acceptors (Lipinski definition) is 4. The number of nitrogens with zero attached hydrogens (tertiary/aromatic N) is 3. The van der Waals surface area contributed by atoms with Crippen LogP contribution in [0.4, 0.5) is 5.69 Å². The van der Waals surface area contributed by atoms with E-state index in [4.69, 9.17) is 0 Å². The standard InChI is InChI=1S/C25H30N4O/c1-2-24(30)27-23-10-6-9-21(18-26)22(23)17-25(11-12-25)29-15-13-28(14-16-29)19-20-7-4-3-5-8-20/h3-10H,2,11-17,19H2,1H3,(H,27,30). The van der Waals surface area contributed by atoms with Crippen molar-refractivity contribution in [3.8, 4) is 6.07 Å². The van der Waals surface area contributed by atoms with Crippen LogP contribution in [0.5, 0.6) is 0 Å². The van der Waals surface area contributed by atoms with Gasteiger partial charge in [0.25, 0.3) is 0 Å². The summed E-state index contributed by atoms with van der Waals surface area (Å²) in [6.45, 7) is 7.09. The number of hydrogen-bond donors (Lipinski definition) is 1. The molecule has 1 aliphatic carbocycles. The van der Waals surface area contributed by atoms with E-state index in [1.165, 1.54) is 5.56 Å². The summed E-state index contributed by atoms with van der Waals surface area (Å²) in [6, 6.07) is 18.6. The van der Waals surface area contributed by atoms with Gasteiger partial charge in [0.2, 0.25) is 5.91 Å². The number of benzene rings is 2. The minimum atomic E-state index is -0.00860. The molecule has 0 spiro atoms. The minimum absolute atomic E-state index is 0.00860. The van der Waals surface area contributed by atoms with Gasteiger partial charge in [-0.05, 0) is 42.5 Å². The number of nitrogens with one attached hydrogen (secondary N) is 1. The first-order valence-corrected chi connectivity index (χ1v) is 11.0. The number of amides is 1. The second-order valence-corrected chi connectivity index (χ2v) is 8.50. The Kier molecular flexibility index (Phi) is 6.17. The van der Waals surface area contributed by atoms with Gasteiger partial charge < -0.3 is 5.32 Å². The summed E-state index contributed by atoms with van der Waals surface area (Å²) in [5.74, 6) is -0.00860. The summed E-state index contributed by atoms with van der Waals surface area (Å²) < 4.78 is 0. The number of piperazine rings is 1. The minimum Gasteiger partial charge on any atom is -0.326 e. The van der Waals surface area contributed by atoms with E-state index in [2.05, 4.69) is 51.5 Å². The topological polar surface area (TPSA) is 59.4 Å². The summed E-state index contributed by atoms with van der Waals surface area (Å²) in [5, 5.41) is 12.7. The molecule has 1 heterocycles. The molecule has 1 amide bonds. The molecular formula is C25H30N4O. The van der Waals surface area contributed by atoms with Crippen LogP contribution in [-0.4, -0.2) is 47.4 Å². The molecule has 2 aromatic rings. The molecule has 0 bridgehead atoms. The molecule has 5 nitrogen and oxygen atoms in total. The van der Waals surface area contributed by atoms with Gasteiger partial charge in [-0.2, -0.15) is 5.26 Å². The third-order valence-electron chi connectivity index (χ3n) is 6.52. The summed E-state index contributed by atoms with van der Waals surface area (Å²) >= 11 is 0. The van der Waals surface area contributed by atoms with E-state index in [0.717, 1.165) is 63.2 Å². The van der Waals surface area contributed by atoms with Crippen molar-refractivity contribution in [2.24, 2.45) is 0 Å². The van der Waals surface area contributed by atoms with Gasteiger partial charge in [0.1, 0.15) is 0 Å². The summed E-state index contributed by atoms with van der Waals surface area (Å²) in [6.07, 6.45) is 3.58. The van der Waals surface area contributed by atoms with Crippen molar-refractivity contribution in [2.45, 2.75) is 44.7 Å². The first kappa shape index (κ1) is 20.6. The molecule has 156 valence electrons. The van der Waals surface area contributed by atoms with Crippen molar-refractivity contribution in [3.05, 3.63) is 65.2 Å². The molecule has 1 saturated carbocycles. The molecule has 2 fully saturated rings. The maximum Gasteiger partial charge on any atom is 0.224 e. The fraction of sp³-hybridized carbons (Fsp3) is 0.440. The molecule has 1 aliphatic heterocycles. The van der Waals surface area contributed by atoms with E-state index in [-0.39, 0.29) is 11.4 Å². The number of nitriles is 1. The maximum atomic E-state index is 12.0. The lowest BCUT2D eigenvalue weighted by molar-refractivity contribution is -0.115. The Morgan fingerprint density at radius 1 is 1.07 bits per heavy atom. The van der Waals surface area contributed by atoms with Gasteiger partial charge in [-0.1, -0.05) is 43.3 Å². The number of anilines is 1. The summed E-state index contributed by atoms with van der Waals surface area (Å²) in [5.41, 5.74) is 3.97. The second-order valence-electron chi connectivity index (χ2n) is 8.50. The quantitative estimate of drug-likeness (QED) is 0.765. The highest BCUT2D eigenvalue weighted by Crippen LogP contribution is 2.46. The first-order chi connectivity index (χ1) is 14.6. The zero-order valence-electron chi connectivity index (χ0n) is 17.7. The van der Waals surface area contributed by atoms with E-state index >= 15 is 0 Å². The van der Waals surface area contributed by atoms with Gasteiger partial charge in [-0.3, -0.25) is 14.6 Å². The number of carbonyl (C=O) groups excluding carboxylic acids is 1. The molecular weight excluding hydrogens is 372 g/mol. The SMILES string of the molecule is CCC(=O)Nc1cccc(C#N)c1CC1(N2CCN(Cc3ccccc3)CC2)CC1. The van der Waals surface area contributed by atoms with Crippen LogP contribution in [0, 0.1) is 11.3 Å². The van der Waals surface area contributed by atoms with Gasteiger partial charge in [-0.25, -0.2) is 0 Å². The van der Waals surface area contributed by atoms with E-state index in [0.29, 0.717) is 12.0 Å². The zero-order valence-corrected chi connectivity index (χ0v) is 17.7. The predicted octanol–water partition coefficient (Wildman–Crippen LogP) is 3.80. The molecule has 0 atom stereocenters. The first-order valence-electron chi connectivity index (χ1n) is 11.0. The van der Waals surface area contributed by atoms with Crippen molar-refractivity contribution in [1.29, 1.82) is 5.26 Å². The Morgan fingerprint density at radius 3 is 2.43 bits per heavy atom. The Hall–Kier alpha value is -2.68. The third kappa shape index (κ3) is 4.56. The van der Waals surface area contributed by atoms with Crippen LogP contribution in [0.2, 0.25) is 0 Å². The average Bonchev–Trinajstić information content (AvgIpc) is 3.56. The van der Waals surface area contributed by atoms with Crippen molar-refractivity contribution in [2.75, 3.05) is 31.5 Å². The normalized spacial score (nSPS) is 18.5. The third-order valence-corrected chi connectivity index (χ3v) is 6.52. The van der Waals surface area contributed by atoms with Crippen LogP contribution in [0.1, 0.15) is 42.9 Å². The van der Waals surface area contributed by atoms with Gasteiger partial charge >= 0.3 is 0 Å². The monoisotopic (exact) mass is 402 g/mol. The van der Waals surface area contributed by atoms with Crippen LogP contribution in [0.25, 0.3) is 0 Å². The molecule has 0 radical (unpaired) electrons.